The maximum atomic E-state index is 13.2. The zero-order valence-electron chi connectivity index (χ0n) is 22.4. The van der Waals surface area contributed by atoms with Gasteiger partial charge in [-0.1, -0.05) is 60.2 Å². The summed E-state index contributed by atoms with van der Waals surface area (Å²) < 4.78 is 6.08. The molecule has 1 aliphatic heterocycles. The van der Waals surface area contributed by atoms with E-state index in [1.807, 2.05) is 94.1 Å². The van der Waals surface area contributed by atoms with Crippen molar-refractivity contribution >= 4 is 11.9 Å². The van der Waals surface area contributed by atoms with Crippen LogP contribution in [0.4, 0.5) is 0 Å². The lowest BCUT2D eigenvalue weighted by molar-refractivity contribution is -0.160. The van der Waals surface area contributed by atoms with Gasteiger partial charge in [-0.05, 0) is 57.7 Å². The molecule has 3 aromatic rings. The van der Waals surface area contributed by atoms with Crippen LogP contribution < -0.4 is 0 Å². The molecule has 37 heavy (non-hydrogen) atoms. The van der Waals surface area contributed by atoms with Crippen LogP contribution in [0, 0.1) is 13.8 Å². The minimum atomic E-state index is -1.18. The second-order valence-corrected chi connectivity index (χ2v) is 10.8. The van der Waals surface area contributed by atoms with Crippen LogP contribution in [-0.4, -0.2) is 39.0 Å². The smallest absolute Gasteiger partial charge is 0.337 e. The molecule has 0 saturated heterocycles. The van der Waals surface area contributed by atoms with Crippen molar-refractivity contribution in [2.24, 2.45) is 0 Å². The van der Waals surface area contributed by atoms with Gasteiger partial charge in [-0.15, -0.1) is 0 Å². The number of hydrogen-bond acceptors (Lipinski definition) is 4. The number of aromatic nitrogens is 1. The van der Waals surface area contributed by atoms with Crippen LogP contribution in [0.2, 0.25) is 0 Å². The number of carboxylic acids is 1. The number of fused-ring (bicyclic) bond motifs is 1. The number of carboxylic acid groups (broad SMARTS) is 1. The van der Waals surface area contributed by atoms with Gasteiger partial charge in [0.1, 0.15) is 0 Å². The minimum Gasteiger partial charge on any atom is -0.479 e. The molecule has 2 aromatic carbocycles. The van der Waals surface area contributed by atoms with Crippen LogP contribution >= 0.6 is 0 Å². The van der Waals surface area contributed by atoms with Gasteiger partial charge < -0.3 is 14.7 Å². The summed E-state index contributed by atoms with van der Waals surface area (Å²) in [7, 11) is 0. The standard InChI is InChI=1S/C31H36N2O4/c1-20-11-14-23(15-12-20)28-24-19-33(26(34)16-13-22-9-7-6-8-10-22)18-17-25(24)32-21(2)27(28)29(30(35)36)37-31(3,4)5/h6-12,14-15,29H,13,16-19H2,1-5H3,(H,35,36). The first kappa shape index (κ1) is 26.6. The van der Waals surface area contributed by atoms with E-state index in [-0.39, 0.29) is 5.91 Å². The second-order valence-electron chi connectivity index (χ2n) is 10.8. The summed E-state index contributed by atoms with van der Waals surface area (Å²) >= 11 is 0. The van der Waals surface area contributed by atoms with Gasteiger partial charge in [0.15, 0.2) is 6.10 Å². The maximum absolute atomic E-state index is 13.2. The quantitative estimate of drug-likeness (QED) is 0.442. The third-order valence-electron chi connectivity index (χ3n) is 6.70. The van der Waals surface area contributed by atoms with Crippen LogP contribution in [-0.2, 0) is 33.7 Å². The summed E-state index contributed by atoms with van der Waals surface area (Å²) in [6.07, 6.45) is 0.560. The highest BCUT2D eigenvalue weighted by molar-refractivity contribution is 5.83. The van der Waals surface area contributed by atoms with Crippen molar-refractivity contribution in [1.82, 2.24) is 9.88 Å². The summed E-state index contributed by atoms with van der Waals surface area (Å²) in [5, 5.41) is 10.2. The van der Waals surface area contributed by atoms with Crippen LogP contribution in [0.15, 0.2) is 54.6 Å². The summed E-state index contributed by atoms with van der Waals surface area (Å²) in [5.41, 5.74) is 6.34. The number of ether oxygens (including phenoxy) is 1. The molecule has 6 nitrogen and oxygen atoms in total. The molecule has 1 amide bonds. The van der Waals surface area contributed by atoms with E-state index in [1.165, 1.54) is 0 Å². The molecule has 0 spiro atoms. The molecule has 0 bridgehead atoms. The van der Waals surface area contributed by atoms with Gasteiger partial charge in [0, 0.05) is 48.4 Å². The Morgan fingerprint density at radius 1 is 1.05 bits per heavy atom. The summed E-state index contributed by atoms with van der Waals surface area (Å²) in [6, 6.07) is 18.1. The van der Waals surface area contributed by atoms with Gasteiger partial charge >= 0.3 is 5.97 Å². The third-order valence-corrected chi connectivity index (χ3v) is 6.70. The molecule has 1 atom stereocenters. The van der Waals surface area contributed by atoms with Crippen molar-refractivity contribution in [3.8, 4) is 11.1 Å². The fraction of sp³-hybridized carbons (Fsp3) is 0.387. The van der Waals surface area contributed by atoms with Gasteiger partial charge in [0.25, 0.3) is 0 Å². The maximum Gasteiger partial charge on any atom is 0.337 e. The molecule has 194 valence electrons. The fourth-order valence-electron chi connectivity index (χ4n) is 4.93. The highest BCUT2D eigenvalue weighted by Gasteiger charge is 2.35. The van der Waals surface area contributed by atoms with E-state index < -0.39 is 17.7 Å². The molecule has 2 heterocycles. The Hall–Kier alpha value is -3.51. The topological polar surface area (TPSA) is 79.7 Å². The number of carbonyl (C=O) groups excluding carboxylic acids is 1. The fourth-order valence-corrected chi connectivity index (χ4v) is 4.93. The number of aryl methyl sites for hydroxylation is 3. The summed E-state index contributed by atoms with van der Waals surface area (Å²) in [6.45, 7) is 10.4. The molecule has 0 radical (unpaired) electrons. The van der Waals surface area contributed by atoms with E-state index in [0.29, 0.717) is 43.6 Å². The Morgan fingerprint density at radius 3 is 2.35 bits per heavy atom. The Bertz CT molecular complexity index is 1280. The number of aliphatic carboxylic acids is 1. The first-order valence-electron chi connectivity index (χ1n) is 12.8. The molecule has 4 rings (SSSR count). The molecule has 0 saturated carbocycles. The van der Waals surface area contributed by atoms with Gasteiger partial charge in [-0.2, -0.15) is 0 Å². The molecule has 0 aliphatic carbocycles. The molecule has 1 unspecified atom stereocenters. The largest absolute Gasteiger partial charge is 0.479 e. The highest BCUT2D eigenvalue weighted by atomic mass is 16.5. The first-order valence-corrected chi connectivity index (χ1v) is 12.8. The van der Waals surface area contributed by atoms with Crippen molar-refractivity contribution in [2.45, 2.75) is 72.1 Å². The number of pyridine rings is 1. The Kier molecular flexibility index (Phi) is 7.79. The summed E-state index contributed by atoms with van der Waals surface area (Å²) in [5.74, 6) is -0.966. The van der Waals surface area contributed by atoms with Crippen molar-refractivity contribution in [1.29, 1.82) is 0 Å². The lowest BCUT2D eigenvalue weighted by Crippen LogP contribution is -2.37. The molecule has 1 N–H and O–H groups in total. The number of carbonyl (C=O) groups is 2. The van der Waals surface area contributed by atoms with Crippen molar-refractivity contribution in [3.05, 3.63) is 88.2 Å². The SMILES string of the molecule is Cc1ccc(-c2c3c(nc(C)c2C(OC(C)(C)C)C(=O)O)CCN(C(=O)CCc2ccccc2)C3)cc1. The number of hydrogen-bond donors (Lipinski definition) is 1. The average molecular weight is 501 g/mol. The highest BCUT2D eigenvalue weighted by Crippen LogP contribution is 2.40. The molecule has 1 aromatic heterocycles. The first-order chi connectivity index (χ1) is 17.5. The number of rotatable bonds is 7. The van der Waals surface area contributed by atoms with Crippen molar-refractivity contribution < 1.29 is 19.4 Å². The zero-order valence-corrected chi connectivity index (χ0v) is 22.4. The van der Waals surface area contributed by atoms with E-state index in [4.69, 9.17) is 9.72 Å². The predicted molar refractivity (Wildman–Crippen MR) is 144 cm³/mol. The number of benzene rings is 2. The van der Waals surface area contributed by atoms with E-state index >= 15 is 0 Å². The van der Waals surface area contributed by atoms with Crippen LogP contribution in [0.25, 0.3) is 11.1 Å². The number of nitrogens with zero attached hydrogens (tertiary/aromatic N) is 2. The van der Waals surface area contributed by atoms with Crippen molar-refractivity contribution in [3.63, 3.8) is 0 Å². The normalized spacial score (nSPS) is 14.2. The van der Waals surface area contributed by atoms with E-state index in [9.17, 15) is 14.7 Å². The van der Waals surface area contributed by atoms with Gasteiger partial charge in [-0.3, -0.25) is 9.78 Å². The average Bonchev–Trinajstić information content (AvgIpc) is 2.85. The molecule has 6 heteroatoms. The van der Waals surface area contributed by atoms with Crippen LogP contribution in [0.3, 0.4) is 0 Å². The van der Waals surface area contributed by atoms with Gasteiger partial charge in [0.2, 0.25) is 5.91 Å². The number of amides is 1. The van der Waals surface area contributed by atoms with Crippen LogP contribution in [0.5, 0.6) is 0 Å². The zero-order chi connectivity index (χ0) is 26.7. The minimum absolute atomic E-state index is 0.0900. The molecular weight excluding hydrogens is 464 g/mol. The Balaban J connectivity index is 1.76. The lowest BCUT2D eigenvalue weighted by atomic mass is 9.87. The predicted octanol–water partition coefficient (Wildman–Crippen LogP) is 5.82. The second kappa shape index (κ2) is 10.9. The van der Waals surface area contributed by atoms with Gasteiger partial charge in [-0.25, -0.2) is 4.79 Å². The van der Waals surface area contributed by atoms with E-state index in [1.54, 1.807) is 0 Å². The molecule has 1 aliphatic rings. The third kappa shape index (κ3) is 6.25. The lowest BCUT2D eigenvalue weighted by Gasteiger charge is -2.33. The van der Waals surface area contributed by atoms with Crippen molar-refractivity contribution in [2.75, 3.05) is 6.54 Å². The Labute approximate surface area is 219 Å². The van der Waals surface area contributed by atoms with E-state index in [0.717, 1.165) is 33.5 Å². The van der Waals surface area contributed by atoms with Crippen LogP contribution in [0.1, 0.15) is 66.9 Å². The van der Waals surface area contributed by atoms with E-state index in [2.05, 4.69) is 0 Å². The monoisotopic (exact) mass is 500 g/mol. The molecular formula is C31H36N2O4. The molecule has 0 fully saturated rings. The van der Waals surface area contributed by atoms with Gasteiger partial charge in [0.05, 0.1) is 5.60 Å². The Morgan fingerprint density at radius 2 is 1.73 bits per heavy atom. The summed E-state index contributed by atoms with van der Waals surface area (Å²) in [4.78, 5) is 32.5.